The van der Waals surface area contributed by atoms with E-state index in [-0.39, 0.29) is 0 Å². The molecule has 0 fully saturated rings. The van der Waals surface area contributed by atoms with Gasteiger partial charge in [0.25, 0.3) is 0 Å². The lowest BCUT2D eigenvalue weighted by Crippen LogP contribution is -2.02. The number of aryl methyl sites for hydroxylation is 1. The Morgan fingerprint density at radius 2 is 2.16 bits per heavy atom. The highest BCUT2D eigenvalue weighted by atomic mass is 16.5. The Hall–Kier alpha value is -2.36. The van der Waals surface area contributed by atoms with Crippen LogP contribution in [0.2, 0.25) is 0 Å². The third kappa shape index (κ3) is 3.10. The number of benzene rings is 1. The number of rotatable bonds is 5. The highest BCUT2D eigenvalue weighted by Crippen LogP contribution is 2.23. The number of nitrogens with zero attached hydrogens (tertiary/aromatic N) is 1. The second-order valence-electron chi connectivity index (χ2n) is 4.08. The van der Waals surface area contributed by atoms with Gasteiger partial charge in [-0.15, -0.1) is 0 Å². The minimum absolute atomic E-state index is 0.333. The number of carbonyl (C=O) groups is 1. The van der Waals surface area contributed by atoms with E-state index in [1.54, 1.807) is 31.5 Å². The maximum atomic E-state index is 11.0. The summed E-state index contributed by atoms with van der Waals surface area (Å²) in [7, 11) is 1.56. The van der Waals surface area contributed by atoms with E-state index in [4.69, 9.17) is 9.47 Å². The minimum atomic E-state index is 0.333. The molecule has 2 rings (SSSR count). The van der Waals surface area contributed by atoms with Crippen LogP contribution in [0, 0.1) is 6.92 Å². The van der Waals surface area contributed by atoms with Crippen LogP contribution in [-0.2, 0) is 6.61 Å². The molecule has 4 heteroatoms. The van der Waals surface area contributed by atoms with E-state index in [9.17, 15) is 4.79 Å². The van der Waals surface area contributed by atoms with Crippen LogP contribution in [0.25, 0.3) is 0 Å². The van der Waals surface area contributed by atoms with Crippen molar-refractivity contribution in [2.24, 2.45) is 0 Å². The van der Waals surface area contributed by atoms with E-state index >= 15 is 0 Å². The summed E-state index contributed by atoms with van der Waals surface area (Å²) in [5, 5.41) is 0. The molecule has 98 valence electrons. The van der Waals surface area contributed by atoms with Gasteiger partial charge in [-0.3, -0.25) is 9.78 Å². The molecule has 0 amide bonds. The monoisotopic (exact) mass is 257 g/mol. The smallest absolute Gasteiger partial charge is 0.153 e. The largest absolute Gasteiger partial charge is 0.497 e. The van der Waals surface area contributed by atoms with Crippen molar-refractivity contribution in [3.05, 3.63) is 53.3 Å². The Bertz CT molecular complexity index is 581. The first-order valence-corrected chi connectivity index (χ1v) is 5.91. The van der Waals surface area contributed by atoms with Gasteiger partial charge in [-0.1, -0.05) is 6.07 Å². The summed E-state index contributed by atoms with van der Waals surface area (Å²) >= 11 is 0. The van der Waals surface area contributed by atoms with Crippen LogP contribution in [0.4, 0.5) is 0 Å². The number of hydrogen-bond donors (Lipinski definition) is 0. The lowest BCUT2D eigenvalue weighted by Gasteiger charge is -2.10. The van der Waals surface area contributed by atoms with Crippen LogP contribution in [0.5, 0.6) is 11.5 Å². The molecule has 0 unspecified atom stereocenters. The molecule has 0 aliphatic rings. The summed E-state index contributed by atoms with van der Waals surface area (Å²) < 4.78 is 10.7. The van der Waals surface area contributed by atoms with Crippen molar-refractivity contribution in [1.82, 2.24) is 4.98 Å². The van der Waals surface area contributed by atoms with Crippen LogP contribution < -0.4 is 9.47 Å². The summed E-state index contributed by atoms with van der Waals surface area (Å²) in [6, 6.07) is 8.98. The van der Waals surface area contributed by atoms with Gasteiger partial charge >= 0.3 is 0 Å². The highest BCUT2D eigenvalue weighted by Gasteiger charge is 2.06. The lowest BCUT2D eigenvalue weighted by atomic mass is 10.2. The zero-order valence-electron chi connectivity index (χ0n) is 10.9. The molecule has 0 radical (unpaired) electrons. The zero-order chi connectivity index (χ0) is 13.7. The Morgan fingerprint density at radius 3 is 2.84 bits per heavy atom. The Labute approximate surface area is 112 Å². The van der Waals surface area contributed by atoms with E-state index in [0.717, 1.165) is 17.5 Å². The molecule has 0 aliphatic heterocycles. The van der Waals surface area contributed by atoms with Gasteiger partial charge < -0.3 is 9.47 Å². The first kappa shape index (κ1) is 13.1. The zero-order valence-corrected chi connectivity index (χ0v) is 10.9. The fraction of sp³-hybridized carbons (Fsp3) is 0.200. The SMILES string of the molecule is COc1ccc(OCc2ncccc2C)c(C=O)c1. The summed E-state index contributed by atoms with van der Waals surface area (Å²) in [5.74, 6) is 1.16. The third-order valence-electron chi connectivity index (χ3n) is 2.83. The molecule has 19 heavy (non-hydrogen) atoms. The number of ether oxygens (including phenoxy) is 2. The van der Waals surface area contributed by atoms with E-state index in [1.165, 1.54) is 0 Å². The fourth-order valence-electron chi connectivity index (χ4n) is 1.69. The second kappa shape index (κ2) is 6.00. The van der Waals surface area contributed by atoms with Crippen molar-refractivity contribution >= 4 is 6.29 Å². The molecule has 0 saturated heterocycles. The van der Waals surface area contributed by atoms with Crippen molar-refractivity contribution in [2.45, 2.75) is 13.5 Å². The molecule has 1 aromatic carbocycles. The molecule has 0 N–H and O–H groups in total. The summed E-state index contributed by atoms with van der Waals surface area (Å²) in [4.78, 5) is 15.3. The van der Waals surface area contributed by atoms with Crippen LogP contribution in [0.1, 0.15) is 21.6 Å². The van der Waals surface area contributed by atoms with Gasteiger partial charge in [0.05, 0.1) is 18.4 Å². The Balaban J connectivity index is 2.15. The third-order valence-corrected chi connectivity index (χ3v) is 2.83. The van der Waals surface area contributed by atoms with Crippen LogP contribution in [-0.4, -0.2) is 18.4 Å². The number of methoxy groups -OCH3 is 1. The predicted octanol–water partition coefficient (Wildman–Crippen LogP) is 2.79. The van der Waals surface area contributed by atoms with E-state index in [2.05, 4.69) is 4.98 Å². The van der Waals surface area contributed by atoms with Crippen molar-refractivity contribution in [3.8, 4) is 11.5 Å². The van der Waals surface area contributed by atoms with Crippen molar-refractivity contribution in [2.75, 3.05) is 7.11 Å². The molecule has 1 aromatic heterocycles. The maximum Gasteiger partial charge on any atom is 0.153 e. The van der Waals surface area contributed by atoms with Crippen molar-refractivity contribution in [1.29, 1.82) is 0 Å². The van der Waals surface area contributed by atoms with Crippen molar-refractivity contribution < 1.29 is 14.3 Å². The Kier molecular flexibility index (Phi) is 4.13. The van der Waals surface area contributed by atoms with Crippen molar-refractivity contribution in [3.63, 3.8) is 0 Å². The van der Waals surface area contributed by atoms with Gasteiger partial charge in [-0.05, 0) is 36.8 Å². The average Bonchev–Trinajstić information content (AvgIpc) is 2.46. The summed E-state index contributed by atoms with van der Waals surface area (Å²) in [6.45, 7) is 2.31. The quantitative estimate of drug-likeness (QED) is 0.773. The number of carbonyl (C=O) groups excluding carboxylic acids is 1. The van der Waals surface area contributed by atoms with Gasteiger partial charge in [0, 0.05) is 6.20 Å². The molecule has 0 saturated carbocycles. The molecule has 4 nitrogen and oxygen atoms in total. The number of aldehydes is 1. The van der Waals surface area contributed by atoms with Gasteiger partial charge in [-0.2, -0.15) is 0 Å². The van der Waals surface area contributed by atoms with Gasteiger partial charge in [0.1, 0.15) is 18.1 Å². The maximum absolute atomic E-state index is 11.0. The molecular formula is C15H15NO3. The molecule has 0 aliphatic carbocycles. The standard InChI is InChI=1S/C15H15NO3/c1-11-4-3-7-16-14(11)10-19-15-6-5-13(18-2)8-12(15)9-17/h3-9H,10H2,1-2H3. The molecule has 2 aromatic rings. The minimum Gasteiger partial charge on any atom is -0.497 e. The number of hydrogen-bond acceptors (Lipinski definition) is 4. The molecule has 0 atom stereocenters. The lowest BCUT2D eigenvalue weighted by molar-refractivity contribution is 0.111. The normalized spacial score (nSPS) is 10.0. The molecular weight excluding hydrogens is 242 g/mol. The first-order chi connectivity index (χ1) is 9.24. The Morgan fingerprint density at radius 1 is 1.32 bits per heavy atom. The average molecular weight is 257 g/mol. The number of aromatic nitrogens is 1. The van der Waals surface area contributed by atoms with Crippen LogP contribution in [0.15, 0.2) is 36.5 Å². The summed E-state index contributed by atoms with van der Waals surface area (Å²) in [5.41, 5.74) is 2.38. The molecule has 1 heterocycles. The highest BCUT2D eigenvalue weighted by molar-refractivity contribution is 5.80. The first-order valence-electron chi connectivity index (χ1n) is 5.91. The molecule has 0 spiro atoms. The van der Waals surface area contributed by atoms with E-state index in [0.29, 0.717) is 23.7 Å². The van der Waals surface area contributed by atoms with Gasteiger partial charge in [0.15, 0.2) is 6.29 Å². The second-order valence-corrected chi connectivity index (χ2v) is 4.08. The van der Waals surface area contributed by atoms with E-state index < -0.39 is 0 Å². The summed E-state index contributed by atoms with van der Waals surface area (Å²) in [6.07, 6.45) is 2.48. The van der Waals surface area contributed by atoms with Gasteiger partial charge in [-0.25, -0.2) is 0 Å². The predicted molar refractivity (Wildman–Crippen MR) is 71.7 cm³/mol. The molecule has 0 bridgehead atoms. The fourth-order valence-corrected chi connectivity index (χ4v) is 1.69. The van der Waals surface area contributed by atoms with E-state index in [1.807, 2.05) is 19.1 Å². The topological polar surface area (TPSA) is 48.4 Å². The number of pyridine rings is 1. The van der Waals surface area contributed by atoms with Crippen LogP contribution >= 0.6 is 0 Å². The van der Waals surface area contributed by atoms with Gasteiger partial charge in [0.2, 0.25) is 0 Å². The van der Waals surface area contributed by atoms with Crippen LogP contribution in [0.3, 0.4) is 0 Å².